The number of halogens is 3. The number of Topliss-reactive ketones (excluding diaryl/α,β-unsaturated/α-hetero) is 1. The van der Waals surface area contributed by atoms with Gasteiger partial charge in [0, 0.05) is 6.54 Å². The molecule has 0 unspecified atom stereocenters. The van der Waals surface area contributed by atoms with Crippen molar-refractivity contribution in [2.45, 2.75) is 19.1 Å². The first-order chi connectivity index (χ1) is 8.38. The van der Waals surface area contributed by atoms with E-state index in [1.54, 1.807) is 0 Å². The summed E-state index contributed by atoms with van der Waals surface area (Å²) in [5.41, 5.74) is -0.759. The highest BCUT2D eigenvalue weighted by atomic mass is 19.4. The molecule has 2 rings (SSSR count). The van der Waals surface area contributed by atoms with E-state index in [9.17, 15) is 22.8 Å². The van der Waals surface area contributed by atoms with Gasteiger partial charge in [-0.1, -0.05) is 18.2 Å². The summed E-state index contributed by atoms with van der Waals surface area (Å²) in [4.78, 5) is 23.6. The zero-order chi connectivity index (χ0) is 13.3. The lowest BCUT2D eigenvalue weighted by Gasteiger charge is -2.18. The topological polar surface area (TPSA) is 37.4 Å². The van der Waals surface area contributed by atoms with Crippen molar-refractivity contribution in [3.8, 4) is 0 Å². The molecule has 1 heterocycles. The van der Waals surface area contributed by atoms with E-state index in [1.807, 2.05) is 0 Å². The van der Waals surface area contributed by atoms with Crippen LogP contribution in [0.25, 0.3) is 0 Å². The maximum absolute atomic E-state index is 12.7. The standard InChI is InChI=1S/C12H10F3NO2/c13-12(14,15)10-4-2-1-3-8(10)6-16-7-9(17)5-11(16)18/h1-4H,5-7H2. The van der Waals surface area contributed by atoms with Crippen molar-refractivity contribution in [3.63, 3.8) is 0 Å². The average Bonchev–Trinajstić information content (AvgIpc) is 2.57. The van der Waals surface area contributed by atoms with Crippen LogP contribution in [0.1, 0.15) is 17.5 Å². The first-order valence-electron chi connectivity index (χ1n) is 5.32. The Balaban J connectivity index is 2.25. The lowest BCUT2D eigenvalue weighted by Crippen LogP contribution is -2.26. The Kier molecular flexibility index (Phi) is 3.11. The molecule has 0 saturated carbocycles. The highest BCUT2D eigenvalue weighted by Gasteiger charge is 2.35. The van der Waals surface area contributed by atoms with Gasteiger partial charge >= 0.3 is 6.18 Å². The Morgan fingerprint density at radius 1 is 1.17 bits per heavy atom. The third-order valence-electron chi connectivity index (χ3n) is 2.75. The SMILES string of the molecule is O=C1CC(=O)N(Cc2ccccc2C(F)(F)F)C1. The highest BCUT2D eigenvalue weighted by Crippen LogP contribution is 2.32. The molecule has 18 heavy (non-hydrogen) atoms. The number of hydrogen-bond acceptors (Lipinski definition) is 2. The Morgan fingerprint density at radius 3 is 2.39 bits per heavy atom. The van der Waals surface area contributed by atoms with Gasteiger partial charge < -0.3 is 4.90 Å². The van der Waals surface area contributed by atoms with E-state index in [0.717, 1.165) is 11.0 Å². The third kappa shape index (κ3) is 2.52. The molecule has 0 bridgehead atoms. The number of nitrogens with zero attached hydrogens (tertiary/aromatic N) is 1. The summed E-state index contributed by atoms with van der Waals surface area (Å²) in [5, 5.41) is 0. The van der Waals surface area contributed by atoms with E-state index in [0.29, 0.717) is 0 Å². The van der Waals surface area contributed by atoms with Gasteiger partial charge in [0.1, 0.15) is 0 Å². The molecule has 1 aromatic rings. The molecule has 0 radical (unpaired) electrons. The van der Waals surface area contributed by atoms with Gasteiger partial charge in [0.05, 0.1) is 18.5 Å². The minimum Gasteiger partial charge on any atom is -0.331 e. The van der Waals surface area contributed by atoms with Crippen LogP contribution in [0.2, 0.25) is 0 Å². The fourth-order valence-electron chi connectivity index (χ4n) is 1.92. The van der Waals surface area contributed by atoms with Crippen molar-refractivity contribution in [1.82, 2.24) is 4.90 Å². The summed E-state index contributed by atoms with van der Waals surface area (Å²) < 4.78 is 38.2. The number of hydrogen-bond donors (Lipinski definition) is 0. The summed E-state index contributed by atoms with van der Waals surface area (Å²) in [7, 11) is 0. The smallest absolute Gasteiger partial charge is 0.331 e. The van der Waals surface area contributed by atoms with Crippen LogP contribution in [0.4, 0.5) is 13.2 Å². The molecule has 0 N–H and O–H groups in total. The first kappa shape index (κ1) is 12.6. The predicted molar refractivity (Wildman–Crippen MR) is 56.5 cm³/mol. The predicted octanol–water partition coefficient (Wildman–Crippen LogP) is 2.01. The summed E-state index contributed by atoms with van der Waals surface area (Å²) in [6.07, 6.45) is -4.67. The van der Waals surface area contributed by atoms with Crippen LogP contribution >= 0.6 is 0 Å². The Labute approximate surface area is 101 Å². The minimum atomic E-state index is -4.45. The number of carbonyl (C=O) groups excluding carboxylic acids is 2. The Bertz CT molecular complexity index is 496. The third-order valence-corrected chi connectivity index (χ3v) is 2.75. The molecule has 6 heteroatoms. The second kappa shape index (κ2) is 4.44. The van der Waals surface area contributed by atoms with Crippen molar-refractivity contribution >= 4 is 11.7 Å². The molecular weight excluding hydrogens is 247 g/mol. The molecule has 1 saturated heterocycles. The monoisotopic (exact) mass is 257 g/mol. The molecule has 1 aliphatic heterocycles. The molecule has 0 aromatic heterocycles. The van der Waals surface area contributed by atoms with Crippen molar-refractivity contribution < 1.29 is 22.8 Å². The van der Waals surface area contributed by atoms with Crippen LogP contribution in [0, 0.1) is 0 Å². The number of carbonyl (C=O) groups is 2. The fourth-order valence-corrected chi connectivity index (χ4v) is 1.92. The van der Waals surface area contributed by atoms with Gasteiger partial charge in [-0.15, -0.1) is 0 Å². The van der Waals surface area contributed by atoms with E-state index >= 15 is 0 Å². The van der Waals surface area contributed by atoms with Crippen molar-refractivity contribution in [3.05, 3.63) is 35.4 Å². The maximum atomic E-state index is 12.7. The molecule has 1 amide bonds. The Morgan fingerprint density at radius 2 is 1.83 bits per heavy atom. The molecule has 1 fully saturated rings. The molecule has 0 spiro atoms. The zero-order valence-corrected chi connectivity index (χ0v) is 9.33. The van der Waals surface area contributed by atoms with Crippen LogP contribution in [0.3, 0.4) is 0 Å². The lowest BCUT2D eigenvalue weighted by molar-refractivity contribution is -0.139. The van der Waals surface area contributed by atoms with Gasteiger partial charge in [-0.2, -0.15) is 13.2 Å². The molecule has 96 valence electrons. The van der Waals surface area contributed by atoms with Gasteiger partial charge in [-0.25, -0.2) is 0 Å². The van der Waals surface area contributed by atoms with E-state index < -0.39 is 17.6 Å². The van der Waals surface area contributed by atoms with Crippen LogP contribution < -0.4 is 0 Å². The molecule has 0 aliphatic carbocycles. The minimum absolute atomic E-state index is 0.00745. The van der Waals surface area contributed by atoms with Crippen LogP contribution in [0.15, 0.2) is 24.3 Å². The van der Waals surface area contributed by atoms with Gasteiger partial charge in [-0.05, 0) is 11.6 Å². The van der Waals surface area contributed by atoms with Gasteiger partial charge in [0.15, 0.2) is 5.78 Å². The number of amides is 1. The maximum Gasteiger partial charge on any atom is 0.416 e. The number of ketones is 1. The van der Waals surface area contributed by atoms with Crippen molar-refractivity contribution in [2.75, 3.05) is 6.54 Å². The van der Waals surface area contributed by atoms with E-state index in [4.69, 9.17) is 0 Å². The normalized spacial score (nSPS) is 16.5. The molecule has 1 aromatic carbocycles. The Hall–Kier alpha value is -1.85. The first-order valence-corrected chi connectivity index (χ1v) is 5.32. The lowest BCUT2D eigenvalue weighted by atomic mass is 10.1. The quantitative estimate of drug-likeness (QED) is 0.760. The number of alkyl halides is 3. The second-order valence-electron chi connectivity index (χ2n) is 4.12. The van der Waals surface area contributed by atoms with Gasteiger partial charge in [-0.3, -0.25) is 9.59 Å². The van der Waals surface area contributed by atoms with E-state index in [-0.39, 0.29) is 30.9 Å². The summed E-state index contributed by atoms with van der Waals surface area (Å²) in [5.74, 6) is -0.679. The number of rotatable bonds is 2. The number of likely N-dealkylation sites (tertiary alicyclic amines) is 1. The van der Waals surface area contributed by atoms with Crippen molar-refractivity contribution in [2.24, 2.45) is 0 Å². The fraction of sp³-hybridized carbons (Fsp3) is 0.333. The summed E-state index contributed by atoms with van der Waals surface area (Å²) in [6.45, 7) is -0.286. The van der Waals surface area contributed by atoms with Gasteiger partial charge in [0.25, 0.3) is 0 Å². The van der Waals surface area contributed by atoms with Crippen molar-refractivity contribution in [1.29, 1.82) is 0 Å². The molecular formula is C12H10F3NO2. The van der Waals surface area contributed by atoms with E-state index in [1.165, 1.54) is 18.2 Å². The summed E-state index contributed by atoms with van der Waals surface area (Å²) >= 11 is 0. The summed E-state index contributed by atoms with van der Waals surface area (Å²) in [6, 6.07) is 5.06. The molecule has 0 atom stereocenters. The van der Waals surface area contributed by atoms with E-state index in [2.05, 4.69) is 0 Å². The van der Waals surface area contributed by atoms with Crippen LogP contribution in [-0.2, 0) is 22.3 Å². The largest absolute Gasteiger partial charge is 0.416 e. The molecule has 3 nitrogen and oxygen atoms in total. The van der Waals surface area contributed by atoms with Crippen LogP contribution in [-0.4, -0.2) is 23.1 Å². The number of benzene rings is 1. The second-order valence-corrected chi connectivity index (χ2v) is 4.12. The van der Waals surface area contributed by atoms with Gasteiger partial charge in [0.2, 0.25) is 5.91 Å². The zero-order valence-electron chi connectivity index (χ0n) is 9.33. The average molecular weight is 257 g/mol. The highest BCUT2D eigenvalue weighted by molar-refractivity contribution is 6.05. The molecule has 1 aliphatic rings. The van der Waals surface area contributed by atoms with Crippen LogP contribution in [0.5, 0.6) is 0 Å².